The van der Waals surface area contributed by atoms with Gasteiger partial charge >= 0.3 is 0 Å². The lowest BCUT2D eigenvalue weighted by molar-refractivity contribution is 0.418. The monoisotopic (exact) mass is 243 g/mol. The van der Waals surface area contributed by atoms with Crippen LogP contribution < -0.4 is 4.74 Å². The number of fused-ring (bicyclic) bond motifs is 1. The highest BCUT2D eigenvalue weighted by molar-refractivity contribution is 7.09. The van der Waals surface area contributed by atoms with E-state index >= 15 is 0 Å². The van der Waals surface area contributed by atoms with Gasteiger partial charge in [-0.2, -0.15) is 4.37 Å². The molecule has 0 aliphatic heterocycles. The third-order valence-electron chi connectivity index (χ3n) is 2.42. The Kier molecular flexibility index (Phi) is 2.42. The number of nitrogens with zero attached hydrogens (tertiary/aromatic N) is 1. The fourth-order valence-corrected chi connectivity index (χ4v) is 2.32. The molecule has 0 saturated carbocycles. The molecule has 0 saturated heterocycles. The van der Waals surface area contributed by atoms with Crippen molar-refractivity contribution < 1.29 is 9.84 Å². The van der Waals surface area contributed by atoms with Crippen molar-refractivity contribution in [3.63, 3.8) is 0 Å². The minimum absolute atomic E-state index is 0.130. The van der Waals surface area contributed by atoms with E-state index in [0.717, 1.165) is 10.9 Å². The van der Waals surface area contributed by atoms with Crippen LogP contribution in [0.5, 0.6) is 16.6 Å². The Morgan fingerprint density at radius 2 is 1.76 bits per heavy atom. The van der Waals surface area contributed by atoms with Gasteiger partial charge in [-0.25, -0.2) is 0 Å². The molecule has 3 rings (SSSR count). The number of hydrogen-bond donors (Lipinski definition) is 1. The second-order valence-electron chi connectivity index (χ2n) is 3.56. The lowest BCUT2D eigenvalue weighted by atomic mass is 10.2. The summed E-state index contributed by atoms with van der Waals surface area (Å²) in [5.41, 5.74) is 0.905. The number of phenols is 1. The molecular formula is C13H9NO2S. The van der Waals surface area contributed by atoms with Crippen molar-refractivity contribution in [2.24, 2.45) is 0 Å². The lowest BCUT2D eigenvalue weighted by Gasteiger charge is -2.04. The Balaban J connectivity index is 2.03. The molecule has 17 heavy (non-hydrogen) atoms. The van der Waals surface area contributed by atoms with Crippen LogP contribution in [0.1, 0.15) is 0 Å². The highest BCUT2D eigenvalue weighted by Gasteiger charge is 2.09. The van der Waals surface area contributed by atoms with Crippen LogP contribution in [-0.2, 0) is 0 Å². The van der Waals surface area contributed by atoms with Gasteiger partial charge in [0, 0.05) is 11.5 Å². The average molecular weight is 243 g/mol. The maximum absolute atomic E-state index is 9.64. The topological polar surface area (TPSA) is 42.4 Å². The van der Waals surface area contributed by atoms with Crippen LogP contribution in [-0.4, -0.2) is 9.48 Å². The third kappa shape index (κ3) is 1.83. The quantitative estimate of drug-likeness (QED) is 0.744. The minimum Gasteiger partial charge on any atom is -0.504 e. The van der Waals surface area contributed by atoms with Crippen LogP contribution in [0.25, 0.3) is 10.9 Å². The standard InChI is InChI=1S/C13H9NO2S/c15-11-7-3-4-8-12(11)16-13-9-5-1-2-6-10(9)14-17-13/h1-8,15H. The zero-order valence-electron chi connectivity index (χ0n) is 8.83. The van der Waals surface area contributed by atoms with Crippen molar-refractivity contribution in [2.75, 3.05) is 0 Å². The van der Waals surface area contributed by atoms with Gasteiger partial charge in [0.2, 0.25) is 5.06 Å². The van der Waals surface area contributed by atoms with Crippen molar-refractivity contribution in [2.45, 2.75) is 0 Å². The zero-order valence-corrected chi connectivity index (χ0v) is 9.65. The summed E-state index contributed by atoms with van der Waals surface area (Å²) in [7, 11) is 0. The summed E-state index contributed by atoms with van der Waals surface area (Å²) in [6.07, 6.45) is 0. The van der Waals surface area contributed by atoms with E-state index in [0.29, 0.717) is 10.8 Å². The molecule has 4 heteroatoms. The molecule has 0 radical (unpaired) electrons. The SMILES string of the molecule is Oc1ccccc1Oc1snc2ccccc12. The van der Waals surface area contributed by atoms with E-state index in [1.54, 1.807) is 18.2 Å². The Morgan fingerprint density at radius 3 is 2.65 bits per heavy atom. The Morgan fingerprint density at radius 1 is 1.00 bits per heavy atom. The maximum atomic E-state index is 9.64. The summed E-state index contributed by atoms with van der Waals surface area (Å²) in [5, 5.41) is 11.3. The molecule has 3 aromatic rings. The lowest BCUT2D eigenvalue weighted by Crippen LogP contribution is -1.81. The number of ether oxygens (including phenoxy) is 1. The van der Waals surface area contributed by atoms with E-state index in [2.05, 4.69) is 4.37 Å². The first-order valence-electron chi connectivity index (χ1n) is 5.15. The highest BCUT2D eigenvalue weighted by Crippen LogP contribution is 2.36. The predicted molar refractivity (Wildman–Crippen MR) is 67.8 cm³/mol. The second-order valence-corrected chi connectivity index (χ2v) is 4.29. The van der Waals surface area contributed by atoms with E-state index < -0.39 is 0 Å². The fourth-order valence-electron chi connectivity index (χ4n) is 1.58. The van der Waals surface area contributed by atoms with Crippen LogP contribution in [0.3, 0.4) is 0 Å². The fraction of sp³-hybridized carbons (Fsp3) is 0. The van der Waals surface area contributed by atoms with E-state index in [1.165, 1.54) is 11.5 Å². The number of para-hydroxylation sites is 2. The largest absolute Gasteiger partial charge is 0.504 e. The van der Waals surface area contributed by atoms with Crippen molar-refractivity contribution in [3.8, 4) is 16.6 Å². The first-order chi connectivity index (χ1) is 8.34. The van der Waals surface area contributed by atoms with Crippen LogP contribution in [0.15, 0.2) is 48.5 Å². The van der Waals surface area contributed by atoms with Gasteiger partial charge in [0.25, 0.3) is 0 Å². The Labute approximate surface area is 102 Å². The van der Waals surface area contributed by atoms with Gasteiger partial charge in [0.1, 0.15) is 0 Å². The van der Waals surface area contributed by atoms with Gasteiger partial charge in [0.15, 0.2) is 11.5 Å². The molecule has 0 atom stereocenters. The maximum Gasteiger partial charge on any atom is 0.208 e. The van der Waals surface area contributed by atoms with E-state index in [9.17, 15) is 5.11 Å². The van der Waals surface area contributed by atoms with Gasteiger partial charge in [-0.3, -0.25) is 0 Å². The van der Waals surface area contributed by atoms with E-state index in [1.807, 2.05) is 30.3 Å². The number of aromatic nitrogens is 1. The number of aromatic hydroxyl groups is 1. The molecule has 1 heterocycles. The molecule has 0 fully saturated rings. The molecule has 0 aliphatic carbocycles. The number of hydrogen-bond acceptors (Lipinski definition) is 4. The van der Waals surface area contributed by atoms with Gasteiger partial charge < -0.3 is 9.84 Å². The molecule has 0 spiro atoms. The molecule has 0 bridgehead atoms. The zero-order chi connectivity index (χ0) is 11.7. The summed E-state index contributed by atoms with van der Waals surface area (Å²) in [4.78, 5) is 0. The first kappa shape index (κ1) is 10.1. The van der Waals surface area contributed by atoms with Gasteiger partial charge in [-0.05, 0) is 24.3 Å². The summed E-state index contributed by atoms with van der Waals surface area (Å²) < 4.78 is 9.95. The molecule has 0 aliphatic rings. The Hall–Kier alpha value is -2.07. The molecule has 1 aromatic heterocycles. The van der Waals surface area contributed by atoms with E-state index in [-0.39, 0.29) is 5.75 Å². The smallest absolute Gasteiger partial charge is 0.208 e. The van der Waals surface area contributed by atoms with Crippen LogP contribution in [0, 0.1) is 0 Å². The summed E-state index contributed by atoms with van der Waals surface area (Å²) in [6.45, 7) is 0. The third-order valence-corrected chi connectivity index (χ3v) is 3.18. The number of phenolic OH excluding ortho intramolecular Hbond substituents is 1. The van der Waals surface area contributed by atoms with Crippen LogP contribution in [0.2, 0.25) is 0 Å². The number of benzene rings is 2. The predicted octanol–water partition coefficient (Wildman–Crippen LogP) is 3.79. The molecule has 3 nitrogen and oxygen atoms in total. The molecule has 1 N–H and O–H groups in total. The molecule has 0 unspecified atom stereocenters. The highest BCUT2D eigenvalue weighted by atomic mass is 32.1. The molecule has 84 valence electrons. The van der Waals surface area contributed by atoms with Crippen LogP contribution in [0.4, 0.5) is 0 Å². The summed E-state index contributed by atoms with van der Waals surface area (Å²) >= 11 is 1.28. The Bertz CT molecular complexity index is 663. The first-order valence-corrected chi connectivity index (χ1v) is 5.92. The molecular weight excluding hydrogens is 234 g/mol. The molecule has 2 aromatic carbocycles. The number of rotatable bonds is 2. The summed E-state index contributed by atoms with van der Waals surface area (Å²) in [6, 6.07) is 14.7. The van der Waals surface area contributed by atoms with Crippen molar-refractivity contribution in [1.29, 1.82) is 0 Å². The van der Waals surface area contributed by atoms with E-state index in [4.69, 9.17) is 4.74 Å². The van der Waals surface area contributed by atoms with Crippen LogP contribution >= 0.6 is 11.5 Å². The second kappa shape index (κ2) is 4.07. The van der Waals surface area contributed by atoms with Gasteiger partial charge in [-0.1, -0.05) is 24.3 Å². The average Bonchev–Trinajstić information content (AvgIpc) is 2.76. The normalized spacial score (nSPS) is 10.6. The van der Waals surface area contributed by atoms with Crippen molar-refractivity contribution >= 4 is 22.4 Å². The van der Waals surface area contributed by atoms with Gasteiger partial charge in [0.05, 0.1) is 10.9 Å². The van der Waals surface area contributed by atoms with Crippen molar-refractivity contribution in [3.05, 3.63) is 48.5 Å². The molecule has 0 amide bonds. The van der Waals surface area contributed by atoms with Crippen molar-refractivity contribution in [1.82, 2.24) is 4.37 Å². The minimum atomic E-state index is 0.130. The summed E-state index contributed by atoms with van der Waals surface area (Å²) in [5.74, 6) is 0.576. The van der Waals surface area contributed by atoms with Gasteiger partial charge in [-0.15, -0.1) is 0 Å².